The Hall–Kier alpha value is -1.65. The minimum Gasteiger partial charge on any atom is -0.387 e. The molecule has 2 heterocycles. The number of hydrogen-bond donors (Lipinski definition) is 1. The van der Waals surface area contributed by atoms with Gasteiger partial charge >= 0.3 is 0 Å². The van der Waals surface area contributed by atoms with E-state index in [4.69, 9.17) is 0 Å². The maximum atomic E-state index is 10.5. The predicted molar refractivity (Wildman–Crippen MR) is 87.6 cm³/mol. The summed E-state index contributed by atoms with van der Waals surface area (Å²) < 4.78 is 2.03. The molecule has 0 unspecified atom stereocenters. The lowest BCUT2D eigenvalue weighted by atomic mass is 10.00. The summed E-state index contributed by atoms with van der Waals surface area (Å²) in [6.45, 7) is 4.75. The van der Waals surface area contributed by atoms with Crippen molar-refractivity contribution in [3.63, 3.8) is 0 Å². The van der Waals surface area contributed by atoms with Crippen LogP contribution in [0.2, 0.25) is 0 Å². The standard InChI is InChI=1S/C18H25N3O/c1-15-11-19-21(12-15)13-17-9-5-6-10-20(17)14-18(22)16-7-3-2-4-8-16/h2-4,7-8,11-12,17-18,22H,5-6,9-10,13-14H2,1H3/t17-,18+/m1/s1. The second-order valence-corrected chi connectivity index (χ2v) is 6.31. The Morgan fingerprint density at radius 2 is 2.09 bits per heavy atom. The van der Waals surface area contributed by atoms with Gasteiger partial charge in [0.05, 0.1) is 18.8 Å². The zero-order chi connectivity index (χ0) is 15.4. The van der Waals surface area contributed by atoms with Crippen molar-refractivity contribution in [2.75, 3.05) is 13.1 Å². The van der Waals surface area contributed by atoms with Gasteiger partial charge in [-0.05, 0) is 37.4 Å². The highest BCUT2D eigenvalue weighted by molar-refractivity contribution is 5.17. The predicted octanol–water partition coefficient (Wildman–Crippen LogP) is 2.78. The Morgan fingerprint density at radius 1 is 1.27 bits per heavy atom. The van der Waals surface area contributed by atoms with Crippen LogP contribution in [0.25, 0.3) is 0 Å². The fourth-order valence-electron chi connectivity index (χ4n) is 3.29. The topological polar surface area (TPSA) is 41.3 Å². The SMILES string of the molecule is Cc1cnn(C[C@H]2CCCCN2C[C@H](O)c2ccccc2)c1. The molecule has 0 spiro atoms. The lowest BCUT2D eigenvalue weighted by molar-refractivity contribution is 0.0591. The molecule has 1 N–H and O–H groups in total. The minimum atomic E-state index is -0.416. The summed E-state index contributed by atoms with van der Waals surface area (Å²) in [4.78, 5) is 2.43. The summed E-state index contributed by atoms with van der Waals surface area (Å²) in [6.07, 6.45) is 7.26. The van der Waals surface area contributed by atoms with E-state index in [1.165, 1.54) is 24.8 Å². The van der Waals surface area contributed by atoms with Crippen LogP contribution in [0.5, 0.6) is 0 Å². The maximum Gasteiger partial charge on any atom is 0.0917 e. The van der Waals surface area contributed by atoms with E-state index in [-0.39, 0.29) is 0 Å². The summed E-state index contributed by atoms with van der Waals surface area (Å²) in [5.41, 5.74) is 2.20. The van der Waals surface area contributed by atoms with Gasteiger partial charge in [-0.3, -0.25) is 9.58 Å². The quantitative estimate of drug-likeness (QED) is 0.923. The van der Waals surface area contributed by atoms with Crippen molar-refractivity contribution >= 4 is 0 Å². The highest BCUT2D eigenvalue weighted by Crippen LogP contribution is 2.22. The van der Waals surface area contributed by atoms with Crippen LogP contribution < -0.4 is 0 Å². The van der Waals surface area contributed by atoms with E-state index >= 15 is 0 Å². The molecule has 1 aromatic heterocycles. The molecule has 3 rings (SSSR count). The first-order valence-corrected chi connectivity index (χ1v) is 8.18. The normalized spacial score (nSPS) is 20.9. The fourth-order valence-corrected chi connectivity index (χ4v) is 3.29. The van der Waals surface area contributed by atoms with Gasteiger partial charge in [0.25, 0.3) is 0 Å². The first kappa shape index (κ1) is 15.3. The van der Waals surface area contributed by atoms with E-state index in [9.17, 15) is 5.11 Å². The van der Waals surface area contributed by atoms with Crippen LogP contribution >= 0.6 is 0 Å². The molecule has 0 radical (unpaired) electrons. The fraction of sp³-hybridized carbons (Fsp3) is 0.500. The molecular formula is C18H25N3O. The molecule has 118 valence electrons. The Bertz CT molecular complexity index is 581. The van der Waals surface area contributed by atoms with Gasteiger partial charge in [-0.2, -0.15) is 5.10 Å². The Morgan fingerprint density at radius 3 is 2.82 bits per heavy atom. The average Bonchev–Trinajstić information content (AvgIpc) is 2.95. The summed E-state index contributed by atoms with van der Waals surface area (Å²) in [5.74, 6) is 0. The molecular weight excluding hydrogens is 274 g/mol. The number of β-amino-alcohol motifs (C(OH)–C–C–N with tert-alkyl or cyclic N) is 1. The molecule has 0 saturated carbocycles. The smallest absolute Gasteiger partial charge is 0.0917 e. The second kappa shape index (κ2) is 7.07. The van der Waals surface area contributed by atoms with Crippen LogP contribution in [-0.4, -0.2) is 38.9 Å². The summed E-state index contributed by atoms with van der Waals surface area (Å²) in [7, 11) is 0. The number of aliphatic hydroxyl groups excluding tert-OH is 1. The number of aryl methyl sites for hydroxylation is 1. The molecule has 1 aromatic carbocycles. The van der Waals surface area contributed by atoms with E-state index in [2.05, 4.69) is 23.1 Å². The van der Waals surface area contributed by atoms with E-state index in [1.807, 2.05) is 41.2 Å². The highest BCUT2D eigenvalue weighted by atomic mass is 16.3. The molecule has 0 bridgehead atoms. The van der Waals surface area contributed by atoms with Crippen LogP contribution in [0.15, 0.2) is 42.7 Å². The molecule has 2 atom stereocenters. The number of hydrogen-bond acceptors (Lipinski definition) is 3. The molecule has 4 heteroatoms. The highest BCUT2D eigenvalue weighted by Gasteiger charge is 2.25. The molecule has 1 saturated heterocycles. The molecule has 1 aliphatic rings. The maximum absolute atomic E-state index is 10.5. The zero-order valence-corrected chi connectivity index (χ0v) is 13.2. The van der Waals surface area contributed by atoms with Gasteiger partial charge in [-0.1, -0.05) is 36.8 Å². The van der Waals surface area contributed by atoms with Crippen LogP contribution in [0.3, 0.4) is 0 Å². The van der Waals surface area contributed by atoms with Crippen LogP contribution in [-0.2, 0) is 6.54 Å². The van der Waals surface area contributed by atoms with Crippen molar-refractivity contribution in [2.24, 2.45) is 0 Å². The van der Waals surface area contributed by atoms with Crippen molar-refractivity contribution in [3.05, 3.63) is 53.9 Å². The van der Waals surface area contributed by atoms with Crippen molar-refractivity contribution in [1.82, 2.24) is 14.7 Å². The van der Waals surface area contributed by atoms with E-state index in [0.717, 1.165) is 18.7 Å². The number of likely N-dealkylation sites (tertiary alicyclic amines) is 1. The molecule has 22 heavy (non-hydrogen) atoms. The Labute approximate surface area is 132 Å². The molecule has 1 fully saturated rings. The average molecular weight is 299 g/mol. The van der Waals surface area contributed by atoms with E-state index in [1.54, 1.807) is 0 Å². The minimum absolute atomic E-state index is 0.416. The van der Waals surface area contributed by atoms with Crippen molar-refractivity contribution < 1.29 is 5.11 Å². The molecule has 4 nitrogen and oxygen atoms in total. The van der Waals surface area contributed by atoms with Gasteiger partial charge < -0.3 is 5.11 Å². The third-order valence-electron chi connectivity index (χ3n) is 4.50. The molecule has 0 amide bonds. The van der Waals surface area contributed by atoms with Gasteiger partial charge in [0, 0.05) is 18.8 Å². The van der Waals surface area contributed by atoms with Crippen molar-refractivity contribution in [1.29, 1.82) is 0 Å². The van der Waals surface area contributed by atoms with Crippen LogP contribution in [0.4, 0.5) is 0 Å². The zero-order valence-electron chi connectivity index (χ0n) is 13.2. The van der Waals surface area contributed by atoms with Gasteiger partial charge in [0.2, 0.25) is 0 Å². The lowest BCUT2D eigenvalue weighted by Crippen LogP contribution is -2.44. The van der Waals surface area contributed by atoms with Crippen LogP contribution in [0.1, 0.15) is 36.5 Å². The van der Waals surface area contributed by atoms with Crippen molar-refractivity contribution in [2.45, 2.75) is 44.9 Å². The number of rotatable bonds is 5. The Kier molecular flexibility index (Phi) is 4.90. The number of nitrogens with zero attached hydrogens (tertiary/aromatic N) is 3. The van der Waals surface area contributed by atoms with E-state index in [0.29, 0.717) is 12.6 Å². The largest absolute Gasteiger partial charge is 0.387 e. The van der Waals surface area contributed by atoms with Crippen LogP contribution in [0, 0.1) is 6.92 Å². The van der Waals surface area contributed by atoms with Gasteiger partial charge in [-0.25, -0.2) is 0 Å². The summed E-state index contributed by atoms with van der Waals surface area (Å²) >= 11 is 0. The van der Waals surface area contributed by atoms with Crippen molar-refractivity contribution in [3.8, 4) is 0 Å². The first-order valence-electron chi connectivity index (χ1n) is 8.18. The molecule has 0 aliphatic carbocycles. The first-order chi connectivity index (χ1) is 10.7. The van der Waals surface area contributed by atoms with Gasteiger partial charge in [0.15, 0.2) is 0 Å². The summed E-state index contributed by atoms with van der Waals surface area (Å²) in [5, 5.41) is 14.9. The number of piperidine rings is 1. The van der Waals surface area contributed by atoms with Gasteiger partial charge in [-0.15, -0.1) is 0 Å². The molecule has 2 aromatic rings. The number of aliphatic hydroxyl groups is 1. The third-order valence-corrected chi connectivity index (χ3v) is 4.50. The summed E-state index contributed by atoms with van der Waals surface area (Å²) in [6, 6.07) is 10.4. The third kappa shape index (κ3) is 3.76. The Balaban J connectivity index is 1.64. The van der Waals surface area contributed by atoms with E-state index < -0.39 is 6.10 Å². The second-order valence-electron chi connectivity index (χ2n) is 6.31. The monoisotopic (exact) mass is 299 g/mol. The van der Waals surface area contributed by atoms with Gasteiger partial charge in [0.1, 0.15) is 0 Å². The number of aromatic nitrogens is 2. The number of benzene rings is 1. The lowest BCUT2D eigenvalue weighted by Gasteiger charge is -2.37. The molecule has 1 aliphatic heterocycles.